The Morgan fingerprint density at radius 3 is 3.07 bits per heavy atom. The van der Waals surface area contributed by atoms with E-state index < -0.39 is 0 Å². The van der Waals surface area contributed by atoms with Crippen molar-refractivity contribution in [3.05, 3.63) is 30.1 Å². The fraction of sp³-hybridized carbons (Fsp3) is 0.300. The van der Waals surface area contributed by atoms with Crippen LogP contribution in [0.25, 0.3) is 0 Å². The van der Waals surface area contributed by atoms with Crippen LogP contribution in [0.1, 0.15) is 23.2 Å². The first-order chi connectivity index (χ1) is 7.36. The number of pyridine rings is 1. The Kier molecular flexibility index (Phi) is 2.92. The van der Waals surface area contributed by atoms with Gasteiger partial charge in [0.2, 0.25) is 0 Å². The maximum absolute atomic E-state index is 11.5. The van der Waals surface area contributed by atoms with E-state index in [4.69, 9.17) is 0 Å². The van der Waals surface area contributed by atoms with Crippen LogP contribution in [-0.4, -0.2) is 23.3 Å². The van der Waals surface area contributed by atoms with Gasteiger partial charge in [0.1, 0.15) is 5.84 Å². The molecule has 0 saturated heterocycles. The third-order valence-electron chi connectivity index (χ3n) is 2.12. The fourth-order valence-corrected chi connectivity index (χ4v) is 1.34. The SMILES string of the molecule is O=C(NNC1=NCCC1)c1cccnc1. The summed E-state index contributed by atoms with van der Waals surface area (Å²) in [7, 11) is 0. The Bertz CT molecular complexity index is 374. The molecule has 0 atom stereocenters. The second-order valence-electron chi connectivity index (χ2n) is 3.25. The van der Waals surface area contributed by atoms with Crippen molar-refractivity contribution in [2.24, 2.45) is 4.99 Å². The van der Waals surface area contributed by atoms with Crippen molar-refractivity contribution < 1.29 is 4.79 Å². The maximum Gasteiger partial charge on any atom is 0.271 e. The molecule has 0 saturated carbocycles. The lowest BCUT2D eigenvalue weighted by Crippen LogP contribution is -2.40. The normalized spacial score (nSPS) is 14.5. The molecule has 5 heteroatoms. The summed E-state index contributed by atoms with van der Waals surface area (Å²) in [6.45, 7) is 0.838. The number of carbonyl (C=O) groups is 1. The van der Waals surface area contributed by atoms with Gasteiger partial charge < -0.3 is 0 Å². The second-order valence-corrected chi connectivity index (χ2v) is 3.25. The van der Waals surface area contributed by atoms with Gasteiger partial charge >= 0.3 is 0 Å². The van der Waals surface area contributed by atoms with E-state index in [0.29, 0.717) is 5.56 Å². The molecule has 15 heavy (non-hydrogen) atoms. The first-order valence-corrected chi connectivity index (χ1v) is 4.86. The molecule has 0 unspecified atom stereocenters. The van der Waals surface area contributed by atoms with Crippen molar-refractivity contribution >= 4 is 11.7 Å². The van der Waals surface area contributed by atoms with Crippen molar-refractivity contribution in [3.8, 4) is 0 Å². The highest BCUT2D eigenvalue weighted by Crippen LogP contribution is 2.00. The second kappa shape index (κ2) is 4.54. The Labute approximate surface area is 87.6 Å². The number of amides is 1. The quantitative estimate of drug-likeness (QED) is 0.655. The van der Waals surface area contributed by atoms with Crippen molar-refractivity contribution in [1.29, 1.82) is 0 Å². The molecule has 2 heterocycles. The highest BCUT2D eigenvalue weighted by Gasteiger charge is 2.08. The van der Waals surface area contributed by atoms with E-state index in [9.17, 15) is 4.79 Å². The third kappa shape index (κ3) is 2.52. The van der Waals surface area contributed by atoms with E-state index in [0.717, 1.165) is 25.2 Å². The monoisotopic (exact) mass is 204 g/mol. The van der Waals surface area contributed by atoms with Gasteiger partial charge in [-0.25, -0.2) is 0 Å². The van der Waals surface area contributed by atoms with Crippen molar-refractivity contribution in [3.63, 3.8) is 0 Å². The molecule has 1 aliphatic rings. The van der Waals surface area contributed by atoms with Gasteiger partial charge in [0.25, 0.3) is 5.91 Å². The maximum atomic E-state index is 11.5. The predicted molar refractivity (Wildman–Crippen MR) is 56.4 cm³/mol. The van der Waals surface area contributed by atoms with E-state index in [1.165, 1.54) is 6.20 Å². The molecule has 1 aromatic heterocycles. The van der Waals surface area contributed by atoms with Gasteiger partial charge in [-0.05, 0) is 18.6 Å². The van der Waals surface area contributed by atoms with Crippen LogP contribution in [0.2, 0.25) is 0 Å². The van der Waals surface area contributed by atoms with Gasteiger partial charge in [0.05, 0.1) is 5.56 Å². The third-order valence-corrected chi connectivity index (χ3v) is 2.12. The predicted octanol–water partition coefficient (Wildman–Crippen LogP) is 0.508. The lowest BCUT2D eigenvalue weighted by molar-refractivity contribution is 0.0943. The van der Waals surface area contributed by atoms with Crippen molar-refractivity contribution in [2.45, 2.75) is 12.8 Å². The summed E-state index contributed by atoms with van der Waals surface area (Å²) >= 11 is 0. The number of nitrogens with zero attached hydrogens (tertiary/aromatic N) is 2. The Balaban J connectivity index is 1.87. The van der Waals surface area contributed by atoms with Crippen LogP contribution < -0.4 is 10.9 Å². The van der Waals surface area contributed by atoms with E-state index >= 15 is 0 Å². The molecule has 0 aromatic carbocycles. The van der Waals surface area contributed by atoms with Crippen LogP contribution in [0.15, 0.2) is 29.5 Å². The summed E-state index contributed by atoms with van der Waals surface area (Å²) in [6.07, 6.45) is 5.09. The van der Waals surface area contributed by atoms with E-state index in [2.05, 4.69) is 20.8 Å². The smallest absolute Gasteiger partial charge is 0.271 e. The summed E-state index contributed by atoms with van der Waals surface area (Å²) in [6, 6.07) is 3.43. The Hall–Kier alpha value is -1.91. The molecule has 0 radical (unpaired) electrons. The van der Waals surface area contributed by atoms with Crippen molar-refractivity contribution in [2.75, 3.05) is 6.54 Å². The summed E-state index contributed by atoms with van der Waals surface area (Å²) in [4.78, 5) is 19.6. The average molecular weight is 204 g/mol. The number of carbonyl (C=O) groups excluding carboxylic acids is 1. The van der Waals surface area contributed by atoms with Crippen molar-refractivity contribution in [1.82, 2.24) is 15.8 Å². The standard InChI is InChI=1S/C10H12N4O/c15-10(8-3-1-5-11-7-8)14-13-9-4-2-6-12-9/h1,3,5,7H,2,4,6H2,(H,12,13)(H,14,15). The van der Waals surface area contributed by atoms with Gasteiger partial charge in [-0.3, -0.25) is 25.6 Å². The molecule has 1 aromatic rings. The molecule has 78 valence electrons. The molecule has 1 amide bonds. The fourth-order valence-electron chi connectivity index (χ4n) is 1.34. The topological polar surface area (TPSA) is 66.4 Å². The molecule has 2 N–H and O–H groups in total. The zero-order chi connectivity index (χ0) is 10.5. The zero-order valence-corrected chi connectivity index (χ0v) is 8.23. The van der Waals surface area contributed by atoms with Crippen LogP contribution in [0, 0.1) is 0 Å². The molecular formula is C10H12N4O. The minimum atomic E-state index is -0.197. The largest absolute Gasteiger partial charge is 0.285 e. The van der Waals surface area contributed by atoms with Crippen LogP contribution in [0.4, 0.5) is 0 Å². The molecule has 0 spiro atoms. The van der Waals surface area contributed by atoms with Gasteiger partial charge in [-0.15, -0.1) is 0 Å². The lowest BCUT2D eigenvalue weighted by Gasteiger charge is -2.07. The summed E-state index contributed by atoms with van der Waals surface area (Å²) in [5.41, 5.74) is 5.91. The van der Waals surface area contributed by atoms with Gasteiger partial charge in [-0.1, -0.05) is 0 Å². The highest BCUT2D eigenvalue weighted by atomic mass is 16.2. The van der Waals surface area contributed by atoms with E-state index in [1.807, 2.05) is 0 Å². The van der Waals surface area contributed by atoms with Crippen LogP contribution in [-0.2, 0) is 0 Å². The van der Waals surface area contributed by atoms with E-state index in [-0.39, 0.29) is 5.91 Å². The number of hydrazine groups is 1. The molecule has 5 nitrogen and oxygen atoms in total. The average Bonchev–Trinajstić information content (AvgIpc) is 2.80. The van der Waals surface area contributed by atoms with E-state index in [1.54, 1.807) is 18.3 Å². The molecule has 2 rings (SSSR count). The number of hydrogen-bond acceptors (Lipinski definition) is 4. The Morgan fingerprint density at radius 2 is 2.40 bits per heavy atom. The summed E-state index contributed by atoms with van der Waals surface area (Å²) in [5, 5.41) is 0. The lowest BCUT2D eigenvalue weighted by atomic mass is 10.3. The zero-order valence-electron chi connectivity index (χ0n) is 8.23. The molecular weight excluding hydrogens is 192 g/mol. The first-order valence-electron chi connectivity index (χ1n) is 4.86. The molecule has 0 bridgehead atoms. The van der Waals surface area contributed by atoms with Gasteiger partial charge in [-0.2, -0.15) is 0 Å². The number of rotatable bonds is 1. The number of aliphatic imine (C=N–C) groups is 1. The number of hydrogen-bond donors (Lipinski definition) is 2. The summed E-state index contributed by atoms with van der Waals surface area (Å²) in [5.74, 6) is 0.643. The minimum absolute atomic E-state index is 0.197. The number of amidine groups is 1. The van der Waals surface area contributed by atoms with Crippen LogP contribution in [0.5, 0.6) is 0 Å². The van der Waals surface area contributed by atoms with Gasteiger partial charge in [0.15, 0.2) is 0 Å². The minimum Gasteiger partial charge on any atom is -0.285 e. The summed E-state index contributed by atoms with van der Waals surface area (Å²) < 4.78 is 0. The Morgan fingerprint density at radius 1 is 1.47 bits per heavy atom. The number of aromatic nitrogens is 1. The number of nitrogens with one attached hydrogen (secondary N) is 2. The highest BCUT2D eigenvalue weighted by molar-refractivity contribution is 5.95. The first kappa shape index (κ1) is 9.64. The van der Waals surface area contributed by atoms with Crippen LogP contribution >= 0.6 is 0 Å². The molecule has 0 fully saturated rings. The van der Waals surface area contributed by atoms with Crippen LogP contribution in [0.3, 0.4) is 0 Å². The molecule has 0 aliphatic carbocycles. The molecule has 1 aliphatic heterocycles. The van der Waals surface area contributed by atoms with Gasteiger partial charge in [0, 0.05) is 25.4 Å².